The van der Waals surface area contributed by atoms with Crippen molar-refractivity contribution in [2.24, 2.45) is 0 Å². The largest absolute Gasteiger partial charge is 0.459 e. The minimum Gasteiger partial charge on any atom is -0.459 e. The van der Waals surface area contributed by atoms with Gasteiger partial charge in [-0.15, -0.1) is 11.6 Å². The maximum Gasteiger partial charge on any atom is 0.331 e. The first-order valence-corrected chi connectivity index (χ1v) is 13.8. The van der Waals surface area contributed by atoms with Crippen molar-refractivity contribution in [1.29, 1.82) is 0 Å². The minimum atomic E-state index is -1.98. The summed E-state index contributed by atoms with van der Waals surface area (Å²) in [5.41, 5.74) is 2.37. The Morgan fingerprint density at radius 3 is 2.29 bits per heavy atom. The highest BCUT2D eigenvalue weighted by atomic mass is 35.5. The summed E-state index contributed by atoms with van der Waals surface area (Å²) in [6, 6.07) is 16.0. The molecule has 2 atom stereocenters. The van der Waals surface area contributed by atoms with Gasteiger partial charge in [0.1, 0.15) is 12.0 Å². The molecule has 1 fully saturated rings. The minimum absolute atomic E-state index is 0.0690. The first-order chi connectivity index (χ1) is 14.5. The van der Waals surface area contributed by atoms with E-state index in [0.717, 1.165) is 11.1 Å². The molecule has 5 nitrogen and oxygen atoms in total. The highest BCUT2D eigenvalue weighted by Crippen LogP contribution is 2.39. The molecule has 7 heteroatoms. The number of alkyl halides is 1. The molecule has 1 aliphatic rings. The van der Waals surface area contributed by atoms with Crippen LogP contribution >= 0.6 is 11.6 Å². The maximum absolute atomic E-state index is 12.8. The van der Waals surface area contributed by atoms with E-state index in [4.69, 9.17) is 20.8 Å². The molecule has 1 amide bonds. The number of amides is 1. The topological polar surface area (TPSA) is 55.8 Å². The van der Waals surface area contributed by atoms with Crippen molar-refractivity contribution in [3.8, 4) is 0 Å². The number of β-lactam (4-membered cyclic amide) rings is 1. The van der Waals surface area contributed by atoms with Crippen LogP contribution in [-0.2, 0) is 32.0 Å². The Morgan fingerprint density at radius 2 is 1.65 bits per heavy atom. The Hall–Kier alpha value is -2.15. The van der Waals surface area contributed by atoms with E-state index in [0.29, 0.717) is 12.3 Å². The number of carbonyl (C=O) groups is 2. The van der Waals surface area contributed by atoms with Gasteiger partial charge in [0, 0.05) is 5.56 Å². The van der Waals surface area contributed by atoms with E-state index >= 15 is 0 Å². The Bertz CT molecular complexity index is 942. The maximum atomic E-state index is 12.8. The summed E-state index contributed by atoms with van der Waals surface area (Å²) in [4.78, 5) is 26.8. The number of para-hydroxylation sites is 1. The normalized spacial score (nSPS) is 19.2. The van der Waals surface area contributed by atoms with E-state index in [1.165, 1.54) is 4.90 Å². The molecule has 31 heavy (non-hydrogen) atoms. The Balaban J connectivity index is 1.76. The molecule has 0 spiro atoms. The summed E-state index contributed by atoms with van der Waals surface area (Å²) < 4.78 is 11.8. The fraction of sp³-hybridized carbons (Fsp3) is 0.417. The summed E-state index contributed by atoms with van der Waals surface area (Å²) >= 11 is 6.23. The third-order valence-electron chi connectivity index (χ3n) is 6.14. The van der Waals surface area contributed by atoms with Gasteiger partial charge < -0.3 is 9.16 Å². The zero-order valence-corrected chi connectivity index (χ0v) is 20.5. The summed E-state index contributed by atoms with van der Waals surface area (Å²) in [6.07, 6.45) is 0. The average Bonchev–Trinajstić information content (AvgIpc) is 2.74. The standard InChI is InChI=1S/C24H30ClNO4Si/c1-24(2,3)31(4,5)30-16-18-13-9-10-14-19(18)26-21(20(25)22(26)27)23(28)29-15-17-11-7-6-8-12-17/h6-14,20-21H,15-16H2,1-5H3/t20-,21-/m1/s1. The third kappa shape index (κ3) is 5.02. The van der Waals surface area contributed by atoms with Crippen LogP contribution in [0.5, 0.6) is 0 Å². The lowest BCUT2D eigenvalue weighted by atomic mass is 9.98. The lowest BCUT2D eigenvalue weighted by molar-refractivity contribution is -0.151. The van der Waals surface area contributed by atoms with Crippen molar-refractivity contribution in [3.63, 3.8) is 0 Å². The average molecular weight is 460 g/mol. The van der Waals surface area contributed by atoms with Gasteiger partial charge in [0.15, 0.2) is 14.4 Å². The van der Waals surface area contributed by atoms with Gasteiger partial charge in [-0.2, -0.15) is 0 Å². The van der Waals surface area contributed by atoms with Crippen molar-refractivity contribution >= 4 is 37.5 Å². The molecule has 2 aromatic carbocycles. The first-order valence-electron chi connectivity index (χ1n) is 10.4. The Kier molecular flexibility index (Phi) is 6.94. The number of halogens is 1. The van der Waals surface area contributed by atoms with Crippen LogP contribution in [0.15, 0.2) is 54.6 Å². The van der Waals surface area contributed by atoms with Crippen LogP contribution in [0.4, 0.5) is 5.69 Å². The van der Waals surface area contributed by atoms with Crippen molar-refractivity contribution in [2.75, 3.05) is 4.90 Å². The molecule has 2 aromatic rings. The number of benzene rings is 2. The fourth-order valence-corrected chi connectivity index (χ4v) is 4.37. The quantitative estimate of drug-likeness (QED) is 0.245. The van der Waals surface area contributed by atoms with Gasteiger partial charge in [-0.05, 0) is 29.8 Å². The smallest absolute Gasteiger partial charge is 0.331 e. The van der Waals surface area contributed by atoms with E-state index in [1.54, 1.807) is 0 Å². The lowest BCUT2D eigenvalue weighted by Crippen LogP contribution is -2.66. The number of anilines is 1. The fourth-order valence-electron chi connectivity index (χ4n) is 3.10. The molecular weight excluding hydrogens is 430 g/mol. The summed E-state index contributed by atoms with van der Waals surface area (Å²) in [7, 11) is -1.98. The van der Waals surface area contributed by atoms with Crippen LogP contribution in [0.2, 0.25) is 18.1 Å². The van der Waals surface area contributed by atoms with Crippen molar-refractivity contribution in [3.05, 3.63) is 65.7 Å². The molecule has 0 radical (unpaired) electrons. The first kappa shape index (κ1) is 23.5. The van der Waals surface area contributed by atoms with Gasteiger partial charge in [-0.25, -0.2) is 4.79 Å². The van der Waals surface area contributed by atoms with Crippen molar-refractivity contribution < 1.29 is 18.8 Å². The second-order valence-electron chi connectivity index (χ2n) is 9.33. The van der Waals surface area contributed by atoms with Crippen LogP contribution in [0.3, 0.4) is 0 Å². The molecule has 0 saturated carbocycles. The van der Waals surface area contributed by atoms with E-state index < -0.39 is 25.7 Å². The molecule has 0 bridgehead atoms. The van der Waals surface area contributed by atoms with Gasteiger partial charge in [0.2, 0.25) is 5.91 Å². The van der Waals surface area contributed by atoms with Crippen LogP contribution in [0, 0.1) is 0 Å². The number of nitrogens with zero attached hydrogens (tertiary/aromatic N) is 1. The van der Waals surface area contributed by atoms with Crippen LogP contribution in [0.1, 0.15) is 31.9 Å². The van der Waals surface area contributed by atoms with Gasteiger partial charge in [-0.1, -0.05) is 69.3 Å². The number of hydrogen-bond acceptors (Lipinski definition) is 4. The second kappa shape index (κ2) is 9.15. The van der Waals surface area contributed by atoms with Crippen LogP contribution in [0.25, 0.3) is 0 Å². The highest BCUT2D eigenvalue weighted by molar-refractivity contribution is 6.74. The van der Waals surface area contributed by atoms with Crippen molar-refractivity contribution in [1.82, 2.24) is 0 Å². The molecule has 0 N–H and O–H groups in total. The molecule has 0 aliphatic carbocycles. The van der Waals surface area contributed by atoms with Gasteiger partial charge in [-0.3, -0.25) is 9.69 Å². The summed E-state index contributed by atoms with van der Waals surface area (Å²) in [5.74, 6) is -0.813. The van der Waals surface area contributed by atoms with Crippen LogP contribution in [-0.4, -0.2) is 31.6 Å². The summed E-state index contributed by atoms with van der Waals surface area (Å²) in [5, 5.41) is -0.864. The van der Waals surface area contributed by atoms with Gasteiger partial charge >= 0.3 is 5.97 Å². The molecule has 166 valence electrons. The zero-order chi connectivity index (χ0) is 22.8. The van der Waals surface area contributed by atoms with E-state index in [9.17, 15) is 9.59 Å². The molecule has 0 aromatic heterocycles. The van der Waals surface area contributed by atoms with E-state index in [-0.39, 0.29) is 17.6 Å². The number of rotatable bonds is 7. The Morgan fingerprint density at radius 1 is 1.03 bits per heavy atom. The lowest BCUT2D eigenvalue weighted by Gasteiger charge is -2.43. The van der Waals surface area contributed by atoms with Gasteiger partial charge in [0.05, 0.1) is 12.3 Å². The predicted octanol–water partition coefficient (Wildman–Crippen LogP) is 5.27. The molecule has 3 rings (SSSR count). The molecular formula is C24H30ClNO4Si. The number of carbonyl (C=O) groups excluding carboxylic acids is 2. The van der Waals surface area contributed by atoms with Gasteiger partial charge in [0.25, 0.3) is 0 Å². The number of esters is 1. The monoisotopic (exact) mass is 459 g/mol. The van der Waals surface area contributed by atoms with Crippen LogP contribution < -0.4 is 4.90 Å². The highest BCUT2D eigenvalue weighted by Gasteiger charge is 2.53. The van der Waals surface area contributed by atoms with Crippen molar-refractivity contribution in [2.45, 2.75) is 63.5 Å². The molecule has 1 saturated heterocycles. The SMILES string of the molecule is CC(C)(C)[Si](C)(C)OCc1ccccc1N1C(=O)[C@H](Cl)[C@@H]1C(=O)OCc1ccccc1. The Labute approximate surface area is 190 Å². The molecule has 1 heterocycles. The zero-order valence-electron chi connectivity index (χ0n) is 18.7. The predicted molar refractivity (Wildman–Crippen MR) is 126 cm³/mol. The van der Waals surface area contributed by atoms with E-state index in [1.807, 2.05) is 54.6 Å². The second-order valence-corrected chi connectivity index (χ2v) is 14.6. The van der Waals surface area contributed by atoms with E-state index in [2.05, 4.69) is 33.9 Å². The number of hydrogen-bond donors (Lipinski definition) is 0. The third-order valence-corrected chi connectivity index (χ3v) is 11.0. The number of ether oxygens (including phenoxy) is 1. The molecule has 1 aliphatic heterocycles. The summed E-state index contributed by atoms with van der Waals surface area (Å²) in [6.45, 7) is 11.4. The molecule has 0 unspecified atom stereocenters.